The fourth-order valence-corrected chi connectivity index (χ4v) is 3.83. The van der Waals surface area contributed by atoms with E-state index in [0.29, 0.717) is 6.61 Å². The molecule has 34 heavy (non-hydrogen) atoms. The molecule has 0 radical (unpaired) electrons. The van der Waals surface area contributed by atoms with Crippen molar-refractivity contribution in [3.05, 3.63) is 106 Å². The van der Waals surface area contributed by atoms with Crippen LogP contribution in [0.25, 0.3) is 12.2 Å². The van der Waals surface area contributed by atoms with Crippen LogP contribution in [0.5, 0.6) is 11.5 Å². The fraction of sp³-hybridized carbons (Fsp3) is 0.267. The second-order valence-corrected chi connectivity index (χ2v) is 8.19. The van der Waals surface area contributed by atoms with Crippen LogP contribution in [0.3, 0.4) is 0 Å². The van der Waals surface area contributed by atoms with Crippen molar-refractivity contribution >= 4 is 12.2 Å². The normalized spacial score (nSPS) is 13.3. The van der Waals surface area contributed by atoms with Crippen LogP contribution in [0.1, 0.15) is 31.9 Å². The van der Waals surface area contributed by atoms with Gasteiger partial charge in [-0.1, -0.05) is 42.5 Å². The molecule has 0 aliphatic carbocycles. The molecule has 0 saturated heterocycles. The van der Waals surface area contributed by atoms with Crippen molar-refractivity contribution in [2.24, 2.45) is 0 Å². The Labute approximate surface area is 203 Å². The van der Waals surface area contributed by atoms with Gasteiger partial charge in [0.15, 0.2) is 0 Å². The third-order valence-electron chi connectivity index (χ3n) is 5.57. The van der Waals surface area contributed by atoms with Crippen LogP contribution in [-0.2, 0) is 17.7 Å². The van der Waals surface area contributed by atoms with Crippen LogP contribution in [-0.4, -0.2) is 30.1 Å². The number of nitrogens with one attached hydrogen (secondary N) is 1. The second-order valence-electron chi connectivity index (χ2n) is 8.19. The predicted octanol–water partition coefficient (Wildman–Crippen LogP) is 5.56. The Balaban J connectivity index is 1.61. The highest BCUT2D eigenvalue weighted by Gasteiger charge is 2.06. The Bertz CT molecular complexity index is 1210. The average molecular weight is 457 g/mol. The minimum Gasteiger partial charge on any atom is -0.490 e. The molecule has 1 aromatic heterocycles. The maximum atomic E-state index is 5.99. The number of nitrogens with zero attached hydrogens (tertiary/aromatic N) is 1. The molecule has 4 nitrogen and oxygen atoms in total. The van der Waals surface area contributed by atoms with E-state index in [1.54, 1.807) is 0 Å². The minimum absolute atomic E-state index is 0.541. The van der Waals surface area contributed by atoms with Crippen molar-refractivity contribution < 1.29 is 9.47 Å². The molecule has 0 aliphatic rings. The molecule has 0 amide bonds. The summed E-state index contributed by atoms with van der Waals surface area (Å²) in [6.45, 7) is 8.39. The van der Waals surface area contributed by atoms with Gasteiger partial charge in [0.1, 0.15) is 23.9 Å². The molecule has 3 aromatic rings. The van der Waals surface area contributed by atoms with Gasteiger partial charge in [0.2, 0.25) is 0 Å². The van der Waals surface area contributed by atoms with Crippen molar-refractivity contribution in [2.75, 3.05) is 20.2 Å². The molecule has 0 bridgehead atoms. The minimum atomic E-state index is 0.541. The quantitative estimate of drug-likeness (QED) is 0.303. The summed E-state index contributed by atoms with van der Waals surface area (Å²) in [5, 5.41) is 2.37. The van der Waals surface area contributed by atoms with Crippen LogP contribution in [0, 0.1) is 0 Å². The summed E-state index contributed by atoms with van der Waals surface area (Å²) in [4.78, 5) is 5.74. The predicted molar refractivity (Wildman–Crippen MR) is 142 cm³/mol. The second kappa shape index (κ2) is 13.3. The van der Waals surface area contributed by atoms with Gasteiger partial charge in [-0.05, 0) is 87.9 Å². The largest absolute Gasteiger partial charge is 0.490 e. The van der Waals surface area contributed by atoms with Gasteiger partial charge in [-0.3, -0.25) is 0 Å². The maximum Gasteiger partial charge on any atom is 0.127 e. The van der Waals surface area contributed by atoms with Crippen LogP contribution in [0.4, 0.5) is 0 Å². The maximum absolute atomic E-state index is 5.99. The molecule has 2 aromatic carbocycles. The van der Waals surface area contributed by atoms with E-state index in [4.69, 9.17) is 9.47 Å². The number of aromatic nitrogens is 1. The topological polar surface area (TPSA) is 37.5 Å². The monoisotopic (exact) mass is 456 g/mol. The van der Waals surface area contributed by atoms with Gasteiger partial charge in [-0.15, -0.1) is 0 Å². The van der Waals surface area contributed by atoms with Crippen molar-refractivity contribution in [1.29, 1.82) is 0 Å². The number of aromatic amines is 1. The van der Waals surface area contributed by atoms with Gasteiger partial charge in [0.05, 0.1) is 0 Å². The number of likely N-dealkylation sites (N-methyl/N-ethyl adjacent to an activating group) is 1. The first-order valence-electron chi connectivity index (χ1n) is 11.9. The standard InChI is InChI=1S/C30H36N2O2/c1-5-12-26(6-2)33-20-18-29-25(22-31-30(29)7-3)17-19-32(4)23-24-13-11-16-28(21-24)34-27-14-9-8-10-15-27/h5-16,18,21-22,31H,17,19-20,23H2,1-4H3/b12-5-,26-6+,29-18-,30-7+. The molecule has 178 valence electrons. The van der Waals surface area contributed by atoms with Crippen molar-refractivity contribution in [3.63, 3.8) is 0 Å². The summed E-state index contributed by atoms with van der Waals surface area (Å²) in [5.41, 5.74) is 2.54. The number of rotatable bonds is 11. The van der Waals surface area contributed by atoms with Gasteiger partial charge < -0.3 is 19.4 Å². The van der Waals surface area contributed by atoms with Gasteiger partial charge in [0, 0.05) is 29.9 Å². The molecule has 3 rings (SSSR count). The lowest BCUT2D eigenvalue weighted by Gasteiger charge is -2.17. The number of para-hydroxylation sites is 1. The third-order valence-corrected chi connectivity index (χ3v) is 5.57. The molecule has 1 N–H and O–H groups in total. The molecule has 0 fully saturated rings. The summed E-state index contributed by atoms with van der Waals surface area (Å²) in [7, 11) is 2.16. The summed E-state index contributed by atoms with van der Waals surface area (Å²) >= 11 is 0. The first kappa shape index (κ1) is 25.1. The van der Waals surface area contributed by atoms with E-state index in [1.165, 1.54) is 16.3 Å². The van der Waals surface area contributed by atoms with Gasteiger partial charge in [0.25, 0.3) is 0 Å². The Morgan fingerprint density at radius 1 is 1.00 bits per heavy atom. The molecular formula is C30H36N2O2. The van der Waals surface area contributed by atoms with E-state index < -0.39 is 0 Å². The van der Waals surface area contributed by atoms with Crippen LogP contribution < -0.4 is 15.3 Å². The fourth-order valence-electron chi connectivity index (χ4n) is 3.83. The summed E-state index contributed by atoms with van der Waals surface area (Å²) in [6.07, 6.45) is 13.3. The van der Waals surface area contributed by atoms with E-state index >= 15 is 0 Å². The van der Waals surface area contributed by atoms with Gasteiger partial charge in [-0.2, -0.15) is 0 Å². The van der Waals surface area contributed by atoms with E-state index in [9.17, 15) is 0 Å². The number of benzene rings is 2. The summed E-state index contributed by atoms with van der Waals surface area (Å²) < 4.78 is 11.9. The molecule has 0 saturated carbocycles. The Hall–Kier alpha value is -3.50. The third kappa shape index (κ3) is 7.53. The SMILES string of the molecule is C/C=C\C(=C/C)OC/C=c1/c(CCN(C)Cc2cccc(Oc3ccccc3)c2)c[nH]/c1=C/C. The number of ether oxygens (including phenoxy) is 2. The number of H-pyrrole nitrogens is 1. The summed E-state index contributed by atoms with van der Waals surface area (Å²) in [6, 6.07) is 18.2. The van der Waals surface area contributed by atoms with Crippen LogP contribution in [0.15, 0.2) is 84.8 Å². The first-order chi connectivity index (χ1) is 16.6. The smallest absolute Gasteiger partial charge is 0.127 e. The number of allylic oxidation sites excluding steroid dienone is 3. The zero-order chi connectivity index (χ0) is 24.2. The van der Waals surface area contributed by atoms with E-state index in [-0.39, 0.29) is 0 Å². The number of hydrogen-bond acceptors (Lipinski definition) is 3. The molecule has 0 atom stereocenters. The van der Waals surface area contributed by atoms with Gasteiger partial charge >= 0.3 is 0 Å². The first-order valence-corrected chi connectivity index (χ1v) is 11.9. The lowest BCUT2D eigenvalue weighted by molar-refractivity contribution is 0.270. The van der Waals surface area contributed by atoms with Crippen molar-refractivity contribution in [2.45, 2.75) is 33.7 Å². The highest BCUT2D eigenvalue weighted by molar-refractivity contribution is 5.35. The average Bonchev–Trinajstić information content (AvgIpc) is 3.24. The van der Waals surface area contributed by atoms with E-state index in [0.717, 1.165) is 42.1 Å². The van der Waals surface area contributed by atoms with Crippen LogP contribution >= 0.6 is 0 Å². The molecular weight excluding hydrogens is 420 g/mol. The zero-order valence-corrected chi connectivity index (χ0v) is 20.8. The lowest BCUT2D eigenvalue weighted by Crippen LogP contribution is -2.28. The van der Waals surface area contributed by atoms with Crippen LogP contribution in [0.2, 0.25) is 0 Å². The molecule has 0 spiro atoms. The lowest BCUT2D eigenvalue weighted by atomic mass is 10.1. The molecule has 0 aliphatic heterocycles. The Morgan fingerprint density at radius 2 is 1.79 bits per heavy atom. The zero-order valence-electron chi connectivity index (χ0n) is 20.8. The number of hydrogen-bond donors (Lipinski definition) is 1. The molecule has 4 heteroatoms. The highest BCUT2D eigenvalue weighted by Crippen LogP contribution is 2.22. The molecule has 1 heterocycles. The van der Waals surface area contributed by atoms with Crippen molar-refractivity contribution in [1.82, 2.24) is 9.88 Å². The Kier molecular flexibility index (Phi) is 9.80. The molecule has 0 unspecified atom stereocenters. The van der Waals surface area contributed by atoms with E-state index in [1.807, 2.05) is 68.5 Å². The van der Waals surface area contributed by atoms with Gasteiger partial charge in [-0.25, -0.2) is 0 Å². The highest BCUT2D eigenvalue weighted by atomic mass is 16.5. The van der Waals surface area contributed by atoms with E-state index in [2.05, 4.69) is 60.4 Å². The summed E-state index contributed by atoms with van der Waals surface area (Å²) in [5.74, 6) is 2.60. The van der Waals surface area contributed by atoms with Crippen molar-refractivity contribution in [3.8, 4) is 11.5 Å². The Morgan fingerprint density at radius 3 is 2.53 bits per heavy atom.